The third-order valence-corrected chi connectivity index (χ3v) is 3.81. The molecule has 2 unspecified atom stereocenters. The summed E-state index contributed by atoms with van der Waals surface area (Å²) >= 11 is 0. The predicted molar refractivity (Wildman–Crippen MR) is 74.3 cm³/mol. The third kappa shape index (κ3) is 4.44. The van der Waals surface area contributed by atoms with Gasteiger partial charge >= 0.3 is 12.0 Å². The molecule has 1 aromatic rings. The Morgan fingerprint density at radius 2 is 2.14 bits per heavy atom. The van der Waals surface area contributed by atoms with Crippen LogP contribution in [0.25, 0.3) is 0 Å². The number of nitrogens with zero attached hydrogens (tertiary/aromatic N) is 3. The summed E-state index contributed by atoms with van der Waals surface area (Å²) in [6.07, 6.45) is 5.08. The van der Waals surface area contributed by atoms with E-state index in [0.29, 0.717) is 18.8 Å². The second-order valence-corrected chi connectivity index (χ2v) is 5.39. The fourth-order valence-corrected chi connectivity index (χ4v) is 2.69. The van der Waals surface area contributed by atoms with Crippen molar-refractivity contribution < 1.29 is 14.7 Å². The molecule has 2 amide bonds. The highest BCUT2D eigenvalue weighted by Gasteiger charge is 2.30. The summed E-state index contributed by atoms with van der Waals surface area (Å²) in [5.74, 6) is -0.570. The van der Waals surface area contributed by atoms with Crippen molar-refractivity contribution in [3.8, 4) is 0 Å². The molecule has 1 aliphatic rings. The van der Waals surface area contributed by atoms with Crippen LogP contribution in [-0.4, -0.2) is 38.4 Å². The van der Waals surface area contributed by atoms with E-state index in [1.54, 1.807) is 18.1 Å². The largest absolute Gasteiger partial charge is 0.481 e. The fourth-order valence-electron chi connectivity index (χ4n) is 2.69. The number of amides is 2. The Morgan fingerprint density at radius 1 is 1.38 bits per heavy atom. The molecular formula is C13H21N5O3. The molecule has 0 saturated heterocycles. The summed E-state index contributed by atoms with van der Waals surface area (Å²) in [7, 11) is 1.76. The fraction of sp³-hybridized carbons (Fsp3) is 0.692. The molecule has 1 fully saturated rings. The first-order valence-corrected chi connectivity index (χ1v) is 7.15. The van der Waals surface area contributed by atoms with Crippen LogP contribution in [0, 0.1) is 11.8 Å². The van der Waals surface area contributed by atoms with Crippen molar-refractivity contribution in [1.82, 2.24) is 25.4 Å². The predicted octanol–water partition coefficient (Wildman–Crippen LogP) is 0.505. The summed E-state index contributed by atoms with van der Waals surface area (Å²) in [4.78, 5) is 26.9. The molecule has 1 heterocycles. The zero-order valence-corrected chi connectivity index (χ0v) is 12.1. The van der Waals surface area contributed by atoms with E-state index in [9.17, 15) is 14.7 Å². The Bertz CT molecular complexity index is 502. The van der Waals surface area contributed by atoms with Crippen molar-refractivity contribution in [2.45, 2.75) is 32.2 Å². The molecule has 2 atom stereocenters. The van der Waals surface area contributed by atoms with E-state index in [4.69, 9.17) is 0 Å². The number of rotatable bonds is 5. The number of carboxylic acids is 1. The number of aromatic nitrogens is 3. The Labute approximate surface area is 122 Å². The lowest BCUT2D eigenvalue weighted by Gasteiger charge is -2.28. The van der Waals surface area contributed by atoms with Gasteiger partial charge in [-0.15, -0.1) is 0 Å². The molecule has 1 aliphatic carbocycles. The molecule has 116 valence electrons. The maximum atomic E-state index is 11.7. The summed E-state index contributed by atoms with van der Waals surface area (Å²) in [6, 6.07) is -0.322. The first-order chi connectivity index (χ1) is 10.1. The number of hydrogen-bond acceptors (Lipinski definition) is 4. The highest BCUT2D eigenvalue weighted by atomic mass is 16.4. The quantitative estimate of drug-likeness (QED) is 0.733. The molecule has 0 aliphatic heterocycles. The smallest absolute Gasteiger partial charge is 0.315 e. The van der Waals surface area contributed by atoms with Gasteiger partial charge in [0, 0.05) is 13.6 Å². The highest BCUT2D eigenvalue weighted by molar-refractivity contribution is 5.74. The van der Waals surface area contributed by atoms with E-state index in [0.717, 1.165) is 19.3 Å². The van der Waals surface area contributed by atoms with E-state index in [-0.39, 0.29) is 24.4 Å². The van der Waals surface area contributed by atoms with Gasteiger partial charge in [-0.2, -0.15) is 5.10 Å². The van der Waals surface area contributed by atoms with Gasteiger partial charge < -0.3 is 15.7 Å². The Morgan fingerprint density at radius 3 is 2.81 bits per heavy atom. The summed E-state index contributed by atoms with van der Waals surface area (Å²) < 4.78 is 1.56. The molecule has 8 nitrogen and oxygen atoms in total. The number of carbonyl (C=O) groups excluding carboxylic acids is 1. The number of aryl methyl sites for hydroxylation is 1. The number of carboxylic acid groups (broad SMARTS) is 1. The van der Waals surface area contributed by atoms with E-state index < -0.39 is 5.97 Å². The Hall–Kier alpha value is -2.12. The van der Waals surface area contributed by atoms with Crippen molar-refractivity contribution >= 4 is 12.0 Å². The highest BCUT2D eigenvalue weighted by Crippen LogP contribution is 2.29. The van der Waals surface area contributed by atoms with E-state index >= 15 is 0 Å². The van der Waals surface area contributed by atoms with Gasteiger partial charge in [0.2, 0.25) is 0 Å². The normalized spacial score (nSPS) is 21.8. The first-order valence-electron chi connectivity index (χ1n) is 7.15. The number of nitrogens with one attached hydrogen (secondary N) is 2. The van der Waals surface area contributed by atoms with Crippen molar-refractivity contribution in [3.05, 3.63) is 12.2 Å². The third-order valence-electron chi connectivity index (χ3n) is 3.81. The van der Waals surface area contributed by atoms with E-state index in [1.807, 2.05) is 0 Å². The average Bonchev–Trinajstić information content (AvgIpc) is 2.88. The monoisotopic (exact) mass is 295 g/mol. The zero-order chi connectivity index (χ0) is 15.2. The standard InChI is InChI=1S/C13H21N5O3/c1-18-8-16-11(17-18)7-15-13(21)14-6-9-4-2-3-5-10(9)12(19)20/h8-10H,2-7H2,1H3,(H,19,20)(H2,14,15,21). The lowest BCUT2D eigenvalue weighted by atomic mass is 9.79. The maximum Gasteiger partial charge on any atom is 0.315 e. The van der Waals surface area contributed by atoms with Crippen molar-refractivity contribution in [2.24, 2.45) is 18.9 Å². The SMILES string of the molecule is Cn1cnc(CNC(=O)NCC2CCCCC2C(=O)O)n1. The molecule has 8 heteroatoms. The minimum Gasteiger partial charge on any atom is -0.481 e. The minimum atomic E-state index is -0.764. The number of hydrogen-bond donors (Lipinski definition) is 3. The van der Waals surface area contributed by atoms with E-state index in [2.05, 4.69) is 20.7 Å². The van der Waals surface area contributed by atoms with Crippen molar-refractivity contribution in [3.63, 3.8) is 0 Å². The molecular weight excluding hydrogens is 274 g/mol. The molecule has 2 rings (SSSR count). The van der Waals surface area contributed by atoms with Crippen LogP contribution < -0.4 is 10.6 Å². The van der Waals surface area contributed by atoms with Crippen LogP contribution in [0.15, 0.2) is 6.33 Å². The second-order valence-electron chi connectivity index (χ2n) is 5.39. The Balaban J connectivity index is 1.73. The molecule has 21 heavy (non-hydrogen) atoms. The lowest BCUT2D eigenvalue weighted by Crippen LogP contribution is -2.41. The lowest BCUT2D eigenvalue weighted by molar-refractivity contribution is -0.144. The summed E-state index contributed by atoms with van der Waals surface area (Å²) in [5.41, 5.74) is 0. The maximum absolute atomic E-state index is 11.7. The van der Waals surface area contributed by atoms with Gasteiger partial charge in [-0.1, -0.05) is 12.8 Å². The number of aliphatic carboxylic acids is 1. The van der Waals surface area contributed by atoms with Crippen LogP contribution in [0.1, 0.15) is 31.5 Å². The molecule has 1 aromatic heterocycles. The molecule has 0 spiro atoms. The van der Waals surface area contributed by atoms with Gasteiger partial charge in [0.1, 0.15) is 6.33 Å². The summed E-state index contributed by atoms with van der Waals surface area (Å²) in [5, 5.41) is 18.6. The van der Waals surface area contributed by atoms with E-state index in [1.165, 1.54) is 0 Å². The molecule has 1 saturated carbocycles. The van der Waals surface area contributed by atoms with Crippen LogP contribution in [-0.2, 0) is 18.4 Å². The van der Waals surface area contributed by atoms with Crippen LogP contribution in [0.4, 0.5) is 4.79 Å². The minimum absolute atomic E-state index is 0.00924. The van der Waals surface area contributed by atoms with Gasteiger partial charge in [0.15, 0.2) is 5.82 Å². The molecule has 0 radical (unpaired) electrons. The Kier molecular flexibility index (Phi) is 5.13. The molecule has 0 aromatic carbocycles. The molecule has 3 N–H and O–H groups in total. The average molecular weight is 295 g/mol. The van der Waals surface area contributed by atoms with Crippen LogP contribution in [0.2, 0.25) is 0 Å². The van der Waals surface area contributed by atoms with Gasteiger partial charge in [0.05, 0.1) is 12.5 Å². The zero-order valence-electron chi connectivity index (χ0n) is 12.1. The first kappa shape index (κ1) is 15.3. The topological polar surface area (TPSA) is 109 Å². The van der Waals surface area contributed by atoms with Gasteiger partial charge in [0.25, 0.3) is 0 Å². The van der Waals surface area contributed by atoms with Crippen LogP contribution in [0.3, 0.4) is 0 Å². The molecule has 0 bridgehead atoms. The van der Waals surface area contributed by atoms with Crippen molar-refractivity contribution in [1.29, 1.82) is 0 Å². The van der Waals surface area contributed by atoms with Gasteiger partial charge in [-0.3, -0.25) is 9.48 Å². The van der Waals surface area contributed by atoms with Gasteiger partial charge in [-0.05, 0) is 18.8 Å². The number of carbonyl (C=O) groups is 2. The van der Waals surface area contributed by atoms with Crippen molar-refractivity contribution in [2.75, 3.05) is 6.54 Å². The van der Waals surface area contributed by atoms with Crippen LogP contribution in [0.5, 0.6) is 0 Å². The summed E-state index contributed by atoms with van der Waals surface area (Å²) in [6.45, 7) is 0.637. The van der Waals surface area contributed by atoms with Crippen LogP contribution >= 0.6 is 0 Å². The second kappa shape index (κ2) is 7.05. The number of urea groups is 1. The van der Waals surface area contributed by atoms with Gasteiger partial charge in [-0.25, -0.2) is 9.78 Å².